The molecule has 1 radical (unpaired) electrons. The van der Waals surface area contributed by atoms with E-state index >= 15 is 0 Å². The molecule has 0 spiro atoms. The van der Waals surface area contributed by atoms with Crippen molar-refractivity contribution in [2.75, 3.05) is 13.1 Å². The van der Waals surface area contributed by atoms with E-state index in [1.165, 1.54) is 0 Å². The molecule has 0 N–H and O–H groups in total. The lowest BCUT2D eigenvalue weighted by Crippen LogP contribution is -2.33. The third-order valence-corrected chi connectivity index (χ3v) is 1.41. The van der Waals surface area contributed by atoms with Crippen LogP contribution in [0.5, 0.6) is 0 Å². The Labute approximate surface area is 68.5 Å². The lowest BCUT2D eigenvalue weighted by Gasteiger charge is -2.09. The highest BCUT2D eigenvalue weighted by Crippen LogP contribution is 1.97. The van der Waals surface area contributed by atoms with Crippen LogP contribution in [0, 0.1) is 11.3 Å². The van der Waals surface area contributed by atoms with Gasteiger partial charge in [0.05, 0.1) is 12.5 Å². The van der Waals surface area contributed by atoms with Gasteiger partial charge in [-0.05, 0) is 25.8 Å². The van der Waals surface area contributed by atoms with Crippen molar-refractivity contribution < 1.29 is 4.84 Å². The Morgan fingerprint density at radius 2 is 2.00 bits per heavy atom. The number of nitriles is 1. The molecule has 0 saturated carbocycles. The van der Waals surface area contributed by atoms with Crippen molar-refractivity contribution in [3.8, 4) is 6.07 Å². The average Bonchev–Trinajstić information content (AvgIpc) is 2.01. The van der Waals surface area contributed by atoms with Crippen LogP contribution in [-0.2, 0) is 4.84 Å². The Kier molecular flexibility index (Phi) is 5.81. The molecule has 1 atom stereocenters. The van der Waals surface area contributed by atoms with Crippen LogP contribution in [0.1, 0.15) is 27.2 Å². The van der Waals surface area contributed by atoms with E-state index in [1.807, 2.05) is 25.8 Å². The lowest BCUT2D eigenvalue weighted by atomic mass is 10.3. The van der Waals surface area contributed by atoms with Crippen LogP contribution >= 0.6 is 0 Å². The molecule has 3 heteroatoms. The highest BCUT2D eigenvalue weighted by Gasteiger charge is 2.15. The zero-order valence-corrected chi connectivity index (χ0v) is 7.50. The fourth-order valence-corrected chi connectivity index (χ4v) is 0.793. The molecule has 0 aliphatic carbocycles. The molecule has 0 fully saturated rings. The Morgan fingerprint density at radius 1 is 1.45 bits per heavy atom. The van der Waals surface area contributed by atoms with E-state index in [9.17, 15) is 0 Å². The van der Waals surface area contributed by atoms with Crippen LogP contribution in [0.4, 0.5) is 0 Å². The number of hydrogen-bond donors (Lipinski definition) is 0. The summed E-state index contributed by atoms with van der Waals surface area (Å²) in [6, 6.07) is 2.07. The number of hydroxylamine groups is 2. The summed E-state index contributed by atoms with van der Waals surface area (Å²) < 4.78 is 0. The molecule has 3 nitrogen and oxygen atoms in total. The van der Waals surface area contributed by atoms with Crippen LogP contribution in [-0.4, -0.2) is 19.2 Å². The monoisotopic (exact) mass is 156 g/mol. The first-order chi connectivity index (χ1) is 5.24. The van der Waals surface area contributed by atoms with Gasteiger partial charge < -0.3 is 0 Å². The van der Waals surface area contributed by atoms with E-state index < -0.39 is 0 Å². The number of hydrogen-bond acceptors (Lipinski definition) is 3. The van der Waals surface area contributed by atoms with Gasteiger partial charge in [0.25, 0.3) is 0 Å². The van der Waals surface area contributed by atoms with Gasteiger partial charge in [0.15, 0.2) is 13.1 Å². The van der Waals surface area contributed by atoms with E-state index in [2.05, 4.69) is 6.07 Å². The van der Waals surface area contributed by atoms with Gasteiger partial charge in [-0.2, -0.15) is 5.26 Å². The minimum Gasteiger partial charge on any atom is -0.198 e. The molecule has 63 valence electrons. The third-order valence-electron chi connectivity index (χ3n) is 1.41. The van der Waals surface area contributed by atoms with Crippen LogP contribution in [0.3, 0.4) is 0 Å². The van der Waals surface area contributed by atoms with Crippen LogP contribution in [0.15, 0.2) is 0 Å². The van der Waals surface area contributed by atoms with Crippen molar-refractivity contribution >= 4 is 0 Å². The summed E-state index contributed by atoms with van der Waals surface area (Å²) in [4.78, 5) is 5.40. The smallest absolute Gasteiger partial charge is 0.157 e. The molecule has 0 aliphatic rings. The minimum atomic E-state index is 0.0138. The zero-order valence-electron chi connectivity index (χ0n) is 7.50. The fraction of sp³-hybridized carbons (Fsp3) is 0.875. The molecule has 0 heterocycles. The molecule has 0 saturated heterocycles. The highest BCUT2D eigenvalue weighted by molar-refractivity contribution is 4.73. The van der Waals surface area contributed by atoms with Crippen LogP contribution in [0.25, 0.3) is 0 Å². The first-order valence-corrected chi connectivity index (χ1v) is 4.03. The Hall–Kier alpha value is -0.590. The molecule has 11 heavy (non-hydrogen) atoms. The van der Waals surface area contributed by atoms with Gasteiger partial charge in [-0.3, -0.25) is 0 Å². The molecule has 0 aromatic rings. The maximum absolute atomic E-state index is 8.35. The van der Waals surface area contributed by atoms with Gasteiger partial charge in [0.2, 0.25) is 0 Å². The second-order valence-corrected chi connectivity index (χ2v) is 2.39. The summed E-state index contributed by atoms with van der Waals surface area (Å²) in [6.45, 7) is 7.70. The van der Waals surface area contributed by atoms with Crippen molar-refractivity contribution in [1.29, 1.82) is 5.26 Å². The molecule has 1 unspecified atom stereocenters. The Balaban J connectivity index is 3.55. The standard InChI is InChI=1S/C8H16N2O/c1-4-10(5-2)11-8(3)6-7-9/h8H,4-6H2,1-3H3/q+1. The minimum absolute atomic E-state index is 0.0138. The van der Waals surface area contributed by atoms with Gasteiger partial charge in [-0.15, -0.1) is 4.84 Å². The van der Waals surface area contributed by atoms with Crippen molar-refractivity contribution in [2.45, 2.75) is 33.3 Å². The predicted octanol–water partition coefficient (Wildman–Crippen LogP) is 1.40. The molecular weight excluding hydrogens is 140 g/mol. The molecule has 0 amide bonds. The fourth-order valence-electron chi connectivity index (χ4n) is 0.793. The maximum Gasteiger partial charge on any atom is 0.157 e. The zero-order chi connectivity index (χ0) is 8.69. The summed E-state index contributed by atoms with van der Waals surface area (Å²) in [7, 11) is 0. The normalized spacial score (nSPS) is 13.0. The van der Waals surface area contributed by atoms with Gasteiger partial charge in [0.1, 0.15) is 6.10 Å². The molecule has 0 aromatic carbocycles. The quantitative estimate of drug-likeness (QED) is 0.446. The largest absolute Gasteiger partial charge is 0.198 e. The SMILES string of the molecule is CC[N+](CC)OC(C)CC#N. The van der Waals surface area contributed by atoms with Crippen LogP contribution in [0.2, 0.25) is 0 Å². The number of rotatable bonds is 5. The van der Waals surface area contributed by atoms with E-state index in [1.54, 1.807) is 0 Å². The summed E-state index contributed by atoms with van der Waals surface area (Å²) in [5.41, 5.74) is 0. The van der Waals surface area contributed by atoms with Crippen LogP contribution < -0.4 is 5.06 Å². The topological polar surface area (TPSA) is 38.9 Å². The first kappa shape index (κ1) is 10.4. The van der Waals surface area contributed by atoms with Gasteiger partial charge >= 0.3 is 0 Å². The van der Waals surface area contributed by atoms with Crippen molar-refractivity contribution in [1.82, 2.24) is 5.06 Å². The summed E-state index contributed by atoms with van der Waals surface area (Å²) >= 11 is 0. The van der Waals surface area contributed by atoms with Gasteiger partial charge in [-0.25, -0.2) is 0 Å². The Bertz CT molecular complexity index is 127. The van der Waals surface area contributed by atoms with E-state index in [0.29, 0.717) is 6.42 Å². The maximum atomic E-state index is 8.35. The van der Waals surface area contributed by atoms with Crippen molar-refractivity contribution in [3.05, 3.63) is 0 Å². The van der Waals surface area contributed by atoms with Crippen molar-refractivity contribution in [3.63, 3.8) is 0 Å². The molecule has 0 rings (SSSR count). The first-order valence-electron chi connectivity index (χ1n) is 4.03. The lowest BCUT2D eigenvalue weighted by molar-refractivity contribution is -0.105. The second-order valence-electron chi connectivity index (χ2n) is 2.39. The predicted molar refractivity (Wildman–Crippen MR) is 44.0 cm³/mol. The van der Waals surface area contributed by atoms with Gasteiger partial charge in [0, 0.05) is 0 Å². The van der Waals surface area contributed by atoms with E-state index in [0.717, 1.165) is 13.1 Å². The molecule has 0 aromatic heterocycles. The van der Waals surface area contributed by atoms with E-state index in [4.69, 9.17) is 10.1 Å². The summed E-state index contributed by atoms with van der Waals surface area (Å²) in [5, 5.41) is 10.2. The third kappa shape index (κ3) is 4.77. The molecular formula is C8H16N2O+. The molecule has 0 aliphatic heterocycles. The number of nitrogens with zero attached hydrogens (tertiary/aromatic N) is 2. The van der Waals surface area contributed by atoms with Crippen molar-refractivity contribution in [2.24, 2.45) is 0 Å². The summed E-state index contributed by atoms with van der Waals surface area (Å²) in [6.07, 6.45) is 0.469. The molecule has 0 bridgehead atoms. The summed E-state index contributed by atoms with van der Waals surface area (Å²) in [5.74, 6) is 0. The highest BCUT2D eigenvalue weighted by atomic mass is 16.7. The second kappa shape index (κ2) is 6.14. The Morgan fingerprint density at radius 3 is 2.36 bits per heavy atom. The van der Waals surface area contributed by atoms with Gasteiger partial charge in [-0.1, -0.05) is 0 Å². The van der Waals surface area contributed by atoms with E-state index in [-0.39, 0.29) is 6.10 Å². The average molecular weight is 156 g/mol.